The molecule has 1 heterocycles. The van der Waals surface area contributed by atoms with E-state index in [9.17, 15) is 0 Å². The Kier molecular flexibility index (Phi) is 11.5. The predicted molar refractivity (Wildman–Crippen MR) is 104 cm³/mol. The monoisotopic (exact) mass is 410 g/mol. The molecule has 126 valence electrons. The number of aliphatic imine (C=N–C) groups is 1. The van der Waals surface area contributed by atoms with Crippen LogP contribution in [0.25, 0.3) is 0 Å². The van der Waals surface area contributed by atoms with Crippen LogP contribution in [0.4, 0.5) is 0 Å². The van der Waals surface area contributed by atoms with Crippen LogP contribution in [0.2, 0.25) is 0 Å². The zero-order chi connectivity index (χ0) is 15.0. The lowest BCUT2D eigenvalue weighted by atomic mass is 9.98. The molecular formula is C16H35IN4. The van der Waals surface area contributed by atoms with Gasteiger partial charge in [0, 0.05) is 33.2 Å². The minimum atomic E-state index is 0. The summed E-state index contributed by atoms with van der Waals surface area (Å²) in [5.74, 6) is 1.93. The van der Waals surface area contributed by atoms with Crippen molar-refractivity contribution in [3.05, 3.63) is 0 Å². The lowest BCUT2D eigenvalue weighted by Gasteiger charge is -2.35. The molecule has 1 N–H and O–H groups in total. The first-order valence-electron chi connectivity index (χ1n) is 8.24. The van der Waals surface area contributed by atoms with Gasteiger partial charge in [-0.2, -0.15) is 0 Å². The van der Waals surface area contributed by atoms with E-state index in [4.69, 9.17) is 0 Å². The molecule has 1 saturated heterocycles. The number of nitrogens with one attached hydrogen (secondary N) is 1. The van der Waals surface area contributed by atoms with Crippen molar-refractivity contribution >= 4 is 29.9 Å². The van der Waals surface area contributed by atoms with E-state index in [1.807, 2.05) is 7.05 Å². The van der Waals surface area contributed by atoms with E-state index in [2.05, 4.69) is 47.9 Å². The van der Waals surface area contributed by atoms with Gasteiger partial charge >= 0.3 is 0 Å². The molecule has 0 radical (unpaired) electrons. The normalized spacial score (nSPS) is 19.0. The summed E-state index contributed by atoms with van der Waals surface area (Å²) in [6, 6.07) is 0.582. The number of rotatable bonds is 6. The molecule has 1 aliphatic heterocycles. The molecule has 0 spiro atoms. The van der Waals surface area contributed by atoms with E-state index in [0.717, 1.165) is 25.0 Å². The number of guanidine groups is 1. The SMILES string of the molecule is CCCCN(C)C(=NC)NCC(C)N1CCC(C)CC1.I. The van der Waals surface area contributed by atoms with Crippen LogP contribution in [-0.2, 0) is 0 Å². The molecule has 1 unspecified atom stereocenters. The number of hydrogen-bond donors (Lipinski definition) is 1. The fourth-order valence-electron chi connectivity index (χ4n) is 2.72. The average Bonchev–Trinajstić information content (AvgIpc) is 2.46. The first-order chi connectivity index (χ1) is 9.58. The maximum absolute atomic E-state index is 4.38. The van der Waals surface area contributed by atoms with Gasteiger partial charge in [0.2, 0.25) is 0 Å². The first-order valence-corrected chi connectivity index (χ1v) is 8.24. The molecule has 0 aromatic rings. The van der Waals surface area contributed by atoms with Gasteiger partial charge in [0.25, 0.3) is 0 Å². The molecule has 0 amide bonds. The highest BCUT2D eigenvalue weighted by Gasteiger charge is 2.20. The molecule has 1 aliphatic rings. The second-order valence-electron chi connectivity index (χ2n) is 6.27. The van der Waals surface area contributed by atoms with Gasteiger partial charge in [-0.05, 0) is 45.2 Å². The second kappa shape index (κ2) is 11.5. The number of piperidine rings is 1. The molecule has 0 saturated carbocycles. The Balaban J connectivity index is 0.00000400. The number of unbranched alkanes of at least 4 members (excludes halogenated alkanes) is 1. The molecule has 0 bridgehead atoms. The van der Waals surface area contributed by atoms with Crippen LogP contribution < -0.4 is 5.32 Å². The van der Waals surface area contributed by atoms with Crippen LogP contribution >= 0.6 is 24.0 Å². The number of nitrogens with zero attached hydrogens (tertiary/aromatic N) is 3. The van der Waals surface area contributed by atoms with Crippen molar-refractivity contribution in [3.8, 4) is 0 Å². The molecular weight excluding hydrogens is 375 g/mol. The summed E-state index contributed by atoms with van der Waals surface area (Å²) in [6.45, 7) is 11.5. The topological polar surface area (TPSA) is 30.9 Å². The number of halogens is 1. The third-order valence-corrected chi connectivity index (χ3v) is 4.42. The van der Waals surface area contributed by atoms with Crippen LogP contribution in [0.1, 0.15) is 46.5 Å². The smallest absolute Gasteiger partial charge is 0.193 e. The van der Waals surface area contributed by atoms with Crippen molar-refractivity contribution in [2.75, 3.05) is 40.3 Å². The van der Waals surface area contributed by atoms with Crippen molar-refractivity contribution in [2.24, 2.45) is 10.9 Å². The molecule has 1 fully saturated rings. The van der Waals surface area contributed by atoms with E-state index in [0.29, 0.717) is 6.04 Å². The van der Waals surface area contributed by atoms with Gasteiger partial charge in [0.15, 0.2) is 5.96 Å². The lowest BCUT2D eigenvalue weighted by Crippen LogP contribution is -2.48. The van der Waals surface area contributed by atoms with E-state index in [-0.39, 0.29) is 24.0 Å². The Bertz CT molecular complexity index is 288. The van der Waals surface area contributed by atoms with Gasteiger partial charge in [0.05, 0.1) is 0 Å². The van der Waals surface area contributed by atoms with Crippen LogP contribution in [0.3, 0.4) is 0 Å². The molecule has 21 heavy (non-hydrogen) atoms. The molecule has 0 aliphatic carbocycles. The Morgan fingerprint density at radius 3 is 2.52 bits per heavy atom. The number of likely N-dealkylation sites (tertiary alicyclic amines) is 1. The molecule has 0 aromatic carbocycles. The quantitative estimate of drug-likeness (QED) is 0.415. The van der Waals surface area contributed by atoms with Gasteiger partial charge in [-0.25, -0.2) is 0 Å². The minimum absolute atomic E-state index is 0. The zero-order valence-corrected chi connectivity index (χ0v) is 16.9. The van der Waals surface area contributed by atoms with Gasteiger partial charge in [-0.3, -0.25) is 9.89 Å². The maximum atomic E-state index is 4.38. The Morgan fingerprint density at radius 1 is 1.38 bits per heavy atom. The Labute approximate surface area is 148 Å². The second-order valence-corrected chi connectivity index (χ2v) is 6.27. The molecule has 1 atom stereocenters. The third kappa shape index (κ3) is 7.68. The standard InChI is InChI=1S/C16H34N4.HI/c1-6-7-10-19(5)16(17-4)18-13-15(3)20-11-8-14(2)9-12-20;/h14-15H,6-13H2,1-5H3,(H,17,18);1H. The highest BCUT2D eigenvalue weighted by molar-refractivity contribution is 14.0. The van der Waals surface area contributed by atoms with Gasteiger partial charge < -0.3 is 10.2 Å². The summed E-state index contributed by atoms with van der Waals surface area (Å²) >= 11 is 0. The van der Waals surface area contributed by atoms with Crippen LogP contribution in [0.15, 0.2) is 4.99 Å². The zero-order valence-electron chi connectivity index (χ0n) is 14.6. The Morgan fingerprint density at radius 2 is 2.00 bits per heavy atom. The highest BCUT2D eigenvalue weighted by atomic mass is 127. The number of hydrogen-bond acceptors (Lipinski definition) is 2. The van der Waals surface area contributed by atoms with Crippen molar-refractivity contribution < 1.29 is 0 Å². The fraction of sp³-hybridized carbons (Fsp3) is 0.938. The summed E-state index contributed by atoms with van der Waals surface area (Å²) in [6.07, 6.45) is 5.13. The largest absolute Gasteiger partial charge is 0.355 e. The van der Waals surface area contributed by atoms with Crippen LogP contribution in [-0.4, -0.2) is 62.1 Å². The van der Waals surface area contributed by atoms with Crippen molar-refractivity contribution in [2.45, 2.75) is 52.5 Å². The summed E-state index contributed by atoms with van der Waals surface area (Å²) in [5, 5.41) is 3.52. The van der Waals surface area contributed by atoms with E-state index in [1.165, 1.54) is 38.8 Å². The summed E-state index contributed by atoms with van der Waals surface area (Å²) in [7, 11) is 4.00. The van der Waals surface area contributed by atoms with E-state index < -0.39 is 0 Å². The van der Waals surface area contributed by atoms with Gasteiger partial charge in [-0.1, -0.05) is 20.3 Å². The van der Waals surface area contributed by atoms with Crippen molar-refractivity contribution in [1.82, 2.24) is 15.1 Å². The lowest BCUT2D eigenvalue weighted by molar-refractivity contribution is 0.147. The molecule has 0 aromatic heterocycles. The van der Waals surface area contributed by atoms with Crippen molar-refractivity contribution in [1.29, 1.82) is 0 Å². The summed E-state index contributed by atoms with van der Waals surface area (Å²) < 4.78 is 0. The third-order valence-electron chi connectivity index (χ3n) is 4.42. The van der Waals surface area contributed by atoms with Crippen molar-refractivity contribution in [3.63, 3.8) is 0 Å². The fourth-order valence-corrected chi connectivity index (χ4v) is 2.72. The first kappa shape index (κ1) is 21.0. The van der Waals surface area contributed by atoms with E-state index >= 15 is 0 Å². The van der Waals surface area contributed by atoms with Crippen LogP contribution in [0.5, 0.6) is 0 Å². The molecule has 4 nitrogen and oxygen atoms in total. The average molecular weight is 410 g/mol. The summed E-state index contributed by atoms with van der Waals surface area (Å²) in [4.78, 5) is 9.22. The Hall–Kier alpha value is -0.0400. The highest BCUT2D eigenvalue weighted by Crippen LogP contribution is 2.17. The predicted octanol–water partition coefficient (Wildman–Crippen LogP) is 3.03. The van der Waals surface area contributed by atoms with Crippen LogP contribution in [0, 0.1) is 5.92 Å². The van der Waals surface area contributed by atoms with E-state index in [1.54, 1.807) is 0 Å². The molecule has 5 heteroatoms. The van der Waals surface area contributed by atoms with Gasteiger partial charge in [0.1, 0.15) is 0 Å². The maximum Gasteiger partial charge on any atom is 0.193 e. The minimum Gasteiger partial charge on any atom is -0.355 e. The van der Waals surface area contributed by atoms with Gasteiger partial charge in [-0.15, -0.1) is 24.0 Å². The molecule has 1 rings (SSSR count). The summed E-state index contributed by atoms with van der Waals surface area (Å²) in [5.41, 5.74) is 0.